The van der Waals surface area contributed by atoms with Gasteiger partial charge in [-0.3, -0.25) is 10.1 Å². The number of hydrogen-bond acceptors (Lipinski definition) is 6. The molecule has 0 spiro atoms. The molecule has 110 valence electrons. The van der Waals surface area contributed by atoms with E-state index in [1.807, 2.05) is 0 Å². The molecule has 7 nitrogen and oxygen atoms in total. The number of hydrogen-bond donors (Lipinski definition) is 4. The fourth-order valence-corrected chi connectivity index (χ4v) is 2.24. The van der Waals surface area contributed by atoms with E-state index in [1.54, 1.807) is 0 Å². The third-order valence-electron chi connectivity index (χ3n) is 2.84. The van der Waals surface area contributed by atoms with E-state index >= 15 is 0 Å². The van der Waals surface area contributed by atoms with Gasteiger partial charge in [-0.25, -0.2) is 0 Å². The molecule has 0 aromatic heterocycles. The molecule has 0 saturated carbocycles. The number of nitrogens with zero attached hydrogens (tertiary/aromatic N) is 1. The Morgan fingerprint density at radius 3 is 2.48 bits per heavy atom. The van der Waals surface area contributed by atoms with Gasteiger partial charge in [-0.2, -0.15) is 0 Å². The molecule has 0 aliphatic rings. The quantitative estimate of drug-likeness (QED) is 0.381. The normalized spacial score (nSPS) is 10.3. The van der Waals surface area contributed by atoms with Crippen LogP contribution < -0.4 is 5.32 Å². The van der Waals surface area contributed by atoms with Crippen LogP contribution in [0.4, 0.5) is 11.4 Å². The van der Waals surface area contributed by atoms with E-state index in [2.05, 4.69) is 21.2 Å². The van der Waals surface area contributed by atoms with Gasteiger partial charge in [0.25, 0.3) is 5.69 Å². The molecular formula is C13H11BrN2O5. The summed E-state index contributed by atoms with van der Waals surface area (Å²) in [5, 5.41) is 42.0. The molecule has 0 aliphatic heterocycles. The summed E-state index contributed by atoms with van der Waals surface area (Å²) in [7, 11) is 0. The van der Waals surface area contributed by atoms with Gasteiger partial charge < -0.3 is 20.6 Å². The number of phenolic OH excluding ortho intramolecular Hbond substituents is 3. The van der Waals surface area contributed by atoms with Gasteiger partial charge in [0, 0.05) is 23.9 Å². The van der Waals surface area contributed by atoms with Crippen molar-refractivity contribution in [3.8, 4) is 17.2 Å². The molecule has 2 aromatic rings. The van der Waals surface area contributed by atoms with Crippen LogP contribution in [0.2, 0.25) is 0 Å². The second-order valence-electron chi connectivity index (χ2n) is 4.22. The number of anilines is 1. The Hall–Kier alpha value is -2.48. The first-order chi connectivity index (χ1) is 9.90. The molecule has 2 aromatic carbocycles. The Morgan fingerprint density at radius 1 is 1.14 bits per heavy atom. The second-order valence-corrected chi connectivity index (χ2v) is 5.07. The Morgan fingerprint density at radius 2 is 1.86 bits per heavy atom. The van der Waals surface area contributed by atoms with Crippen LogP contribution in [0.15, 0.2) is 34.8 Å². The Bertz CT molecular complexity index is 705. The fourth-order valence-electron chi connectivity index (χ4n) is 1.72. The number of phenols is 3. The third kappa shape index (κ3) is 3.16. The third-order valence-corrected chi connectivity index (χ3v) is 3.48. The van der Waals surface area contributed by atoms with Crippen molar-refractivity contribution < 1.29 is 20.2 Å². The van der Waals surface area contributed by atoms with Gasteiger partial charge >= 0.3 is 0 Å². The summed E-state index contributed by atoms with van der Waals surface area (Å²) in [4.78, 5) is 10.2. The zero-order chi connectivity index (χ0) is 15.6. The summed E-state index contributed by atoms with van der Waals surface area (Å²) in [6, 6.07) is 7.13. The minimum atomic E-state index is -0.584. The fraction of sp³-hybridized carbons (Fsp3) is 0.0769. The lowest BCUT2D eigenvalue weighted by Gasteiger charge is -2.10. The van der Waals surface area contributed by atoms with Crippen molar-refractivity contribution in [3.05, 3.63) is 50.5 Å². The van der Waals surface area contributed by atoms with Crippen LogP contribution in [0.5, 0.6) is 17.2 Å². The smallest absolute Gasteiger partial charge is 0.283 e. The highest BCUT2D eigenvalue weighted by Crippen LogP contribution is 2.37. The van der Waals surface area contributed by atoms with Crippen LogP contribution >= 0.6 is 15.9 Å². The highest BCUT2D eigenvalue weighted by molar-refractivity contribution is 9.10. The van der Waals surface area contributed by atoms with Gasteiger partial charge in [-0.15, -0.1) is 0 Å². The van der Waals surface area contributed by atoms with Crippen molar-refractivity contribution in [1.82, 2.24) is 0 Å². The molecule has 0 fully saturated rings. The maximum atomic E-state index is 10.7. The average Bonchev–Trinajstić information content (AvgIpc) is 2.44. The molecule has 8 heteroatoms. The Kier molecular flexibility index (Phi) is 4.18. The predicted octanol–water partition coefficient (Wildman–Crippen LogP) is 3.09. The number of nitrogens with one attached hydrogen (secondary N) is 1. The maximum Gasteiger partial charge on any atom is 0.283 e. The van der Waals surface area contributed by atoms with Crippen LogP contribution in [-0.4, -0.2) is 20.2 Å². The molecule has 0 unspecified atom stereocenters. The number of nitro benzene ring substituents is 1. The largest absolute Gasteiger partial charge is 0.504 e. The van der Waals surface area contributed by atoms with Gasteiger partial charge in [0.2, 0.25) is 5.75 Å². The topological polar surface area (TPSA) is 116 Å². The zero-order valence-electron chi connectivity index (χ0n) is 10.6. The van der Waals surface area contributed by atoms with Gasteiger partial charge in [0.15, 0.2) is 11.5 Å². The first kappa shape index (κ1) is 14.9. The number of halogens is 1. The van der Waals surface area contributed by atoms with Gasteiger partial charge in [0.1, 0.15) is 0 Å². The Labute approximate surface area is 127 Å². The summed E-state index contributed by atoms with van der Waals surface area (Å²) in [6.45, 7) is 0.171. The van der Waals surface area contributed by atoms with E-state index in [1.165, 1.54) is 30.3 Å². The maximum absolute atomic E-state index is 10.7. The summed E-state index contributed by atoms with van der Waals surface area (Å²) >= 11 is 3.11. The molecule has 0 radical (unpaired) electrons. The van der Waals surface area contributed by atoms with Crippen LogP contribution in [-0.2, 0) is 6.54 Å². The van der Waals surface area contributed by atoms with Crippen molar-refractivity contribution in [1.29, 1.82) is 0 Å². The van der Waals surface area contributed by atoms with Crippen LogP contribution in [0.25, 0.3) is 0 Å². The standard InChI is InChI=1S/C13H11BrN2O5/c14-9-5-8(2-3-10(9)16(20)21)15-6-7-1-4-11(17)13(19)12(7)18/h1-5,15,17-19H,6H2. The molecule has 0 bridgehead atoms. The van der Waals surface area contributed by atoms with E-state index in [0.717, 1.165) is 0 Å². The van der Waals surface area contributed by atoms with E-state index < -0.39 is 22.2 Å². The van der Waals surface area contributed by atoms with Crippen molar-refractivity contribution in [2.45, 2.75) is 6.54 Å². The minimum Gasteiger partial charge on any atom is -0.504 e. The predicted molar refractivity (Wildman–Crippen MR) is 79.6 cm³/mol. The van der Waals surface area contributed by atoms with E-state index in [9.17, 15) is 25.4 Å². The summed E-state index contributed by atoms with van der Waals surface area (Å²) in [5.41, 5.74) is 0.921. The lowest BCUT2D eigenvalue weighted by Crippen LogP contribution is -2.00. The second kappa shape index (κ2) is 5.88. The SMILES string of the molecule is O=[N+]([O-])c1ccc(NCc2ccc(O)c(O)c2O)cc1Br. The molecule has 21 heavy (non-hydrogen) atoms. The molecule has 2 rings (SSSR count). The van der Waals surface area contributed by atoms with E-state index in [-0.39, 0.29) is 12.2 Å². The van der Waals surface area contributed by atoms with Gasteiger partial charge in [0.05, 0.1) is 9.40 Å². The van der Waals surface area contributed by atoms with Crippen molar-refractivity contribution >= 4 is 27.3 Å². The highest BCUT2D eigenvalue weighted by atomic mass is 79.9. The van der Waals surface area contributed by atoms with Crippen molar-refractivity contribution in [2.24, 2.45) is 0 Å². The number of nitro groups is 1. The number of rotatable bonds is 4. The van der Waals surface area contributed by atoms with E-state index in [4.69, 9.17) is 0 Å². The lowest BCUT2D eigenvalue weighted by molar-refractivity contribution is -0.385. The molecule has 0 heterocycles. The van der Waals surface area contributed by atoms with Crippen LogP contribution in [0.1, 0.15) is 5.56 Å². The number of benzene rings is 2. The van der Waals surface area contributed by atoms with Crippen molar-refractivity contribution in [2.75, 3.05) is 5.32 Å². The van der Waals surface area contributed by atoms with Gasteiger partial charge in [-0.1, -0.05) is 0 Å². The summed E-state index contributed by atoms with van der Waals surface area (Å²) in [5.74, 6) is -1.41. The minimum absolute atomic E-state index is 0.0503. The zero-order valence-corrected chi connectivity index (χ0v) is 12.2. The summed E-state index contributed by atoms with van der Waals surface area (Å²) < 4.78 is 0.329. The lowest BCUT2D eigenvalue weighted by atomic mass is 10.1. The Balaban J connectivity index is 2.15. The van der Waals surface area contributed by atoms with Crippen LogP contribution in [0, 0.1) is 10.1 Å². The first-order valence-corrected chi connectivity index (χ1v) is 6.60. The first-order valence-electron chi connectivity index (χ1n) is 5.80. The number of aromatic hydroxyl groups is 3. The van der Waals surface area contributed by atoms with E-state index in [0.29, 0.717) is 15.7 Å². The summed E-state index contributed by atoms with van der Waals surface area (Å²) in [6.07, 6.45) is 0. The molecule has 0 amide bonds. The van der Waals surface area contributed by atoms with Crippen LogP contribution in [0.3, 0.4) is 0 Å². The molecule has 0 saturated heterocycles. The molecule has 0 atom stereocenters. The van der Waals surface area contributed by atoms with Gasteiger partial charge in [-0.05, 0) is 40.2 Å². The molecule has 4 N–H and O–H groups in total. The highest BCUT2D eigenvalue weighted by Gasteiger charge is 2.13. The average molecular weight is 355 g/mol. The molecule has 0 aliphatic carbocycles. The molecular weight excluding hydrogens is 344 g/mol. The van der Waals surface area contributed by atoms with Crippen molar-refractivity contribution in [3.63, 3.8) is 0 Å². The monoisotopic (exact) mass is 354 g/mol.